The van der Waals surface area contributed by atoms with Crippen molar-refractivity contribution in [2.75, 3.05) is 13.2 Å². The van der Waals surface area contributed by atoms with E-state index in [1.807, 2.05) is 24.3 Å². The molecule has 0 aromatic heterocycles. The molecular weight excluding hydrogens is 484 g/mol. The summed E-state index contributed by atoms with van der Waals surface area (Å²) in [7, 11) is 0. The minimum Gasteiger partial charge on any atom is -0.508 e. The van der Waals surface area contributed by atoms with Crippen molar-refractivity contribution in [3.8, 4) is 11.5 Å². The maximum Gasteiger partial charge on any atom is 0.248 e. The first kappa shape index (κ1) is 29.7. The summed E-state index contributed by atoms with van der Waals surface area (Å²) >= 11 is 0. The number of alkyl halides is 2. The number of rotatable bonds is 13. The van der Waals surface area contributed by atoms with Crippen molar-refractivity contribution in [3.63, 3.8) is 0 Å². The number of unbranched alkanes of at least 4 members (excludes halogenated alkanes) is 1. The number of allylic oxidation sites excluding steroid dienone is 2. The van der Waals surface area contributed by atoms with Crippen LogP contribution >= 0.6 is 0 Å². The van der Waals surface area contributed by atoms with Gasteiger partial charge in [-0.2, -0.15) is 0 Å². The van der Waals surface area contributed by atoms with Gasteiger partial charge in [0, 0.05) is 30.7 Å². The number of hydrogen-bond acceptors (Lipinski definition) is 3. The summed E-state index contributed by atoms with van der Waals surface area (Å²) in [4.78, 5) is 12.2. The molecule has 0 saturated heterocycles. The number of phenolic OH excluding ortho intramolecular Hbond substituents is 1. The maximum atomic E-state index is 13.3. The molecule has 2 unspecified atom stereocenters. The van der Waals surface area contributed by atoms with Crippen molar-refractivity contribution in [2.45, 2.75) is 83.5 Å². The van der Waals surface area contributed by atoms with Gasteiger partial charge in [0.2, 0.25) is 11.8 Å². The maximum absolute atomic E-state index is 13.3. The summed E-state index contributed by atoms with van der Waals surface area (Å²) in [6.45, 7) is 7.71. The zero-order chi connectivity index (χ0) is 27.6. The SMILES string of the molecule is CCC(C)C/C=C/C(C)(c1ccc(O)cc1)c1ccc(OCCCCNC(=O)C2CCC(F)(F)CC2)cc1. The molecule has 0 radical (unpaired) electrons. The first-order chi connectivity index (χ1) is 18.1. The summed E-state index contributed by atoms with van der Waals surface area (Å²) in [5.41, 5.74) is 1.90. The zero-order valence-electron chi connectivity index (χ0n) is 23.0. The fourth-order valence-electron chi connectivity index (χ4n) is 4.84. The van der Waals surface area contributed by atoms with Crippen LogP contribution in [0.15, 0.2) is 60.7 Å². The molecule has 3 rings (SSSR count). The van der Waals surface area contributed by atoms with Crippen LogP contribution in [0.5, 0.6) is 11.5 Å². The topological polar surface area (TPSA) is 58.6 Å². The molecule has 2 aromatic rings. The number of ether oxygens (including phenoxy) is 1. The van der Waals surface area contributed by atoms with Gasteiger partial charge in [-0.1, -0.05) is 56.7 Å². The lowest BCUT2D eigenvalue weighted by atomic mass is 9.75. The van der Waals surface area contributed by atoms with Crippen molar-refractivity contribution in [2.24, 2.45) is 11.8 Å². The largest absolute Gasteiger partial charge is 0.508 e. The molecule has 0 heterocycles. The molecule has 1 amide bonds. The standard InChI is InChI=1S/C32H43F2NO3/c1-4-24(2)8-7-19-31(3,26-9-13-28(36)14-10-26)27-11-15-29(16-12-27)38-23-6-5-22-35-30(37)25-17-20-32(33,34)21-18-25/h7,9-16,19,24-25,36H,4-6,8,17-18,20-23H2,1-3H3,(H,35,37)/b19-7+. The summed E-state index contributed by atoms with van der Waals surface area (Å²) in [5.74, 6) is -1.34. The Morgan fingerprint density at radius 3 is 2.32 bits per heavy atom. The zero-order valence-corrected chi connectivity index (χ0v) is 23.0. The number of aromatic hydroxyl groups is 1. The number of hydrogen-bond donors (Lipinski definition) is 2. The highest BCUT2D eigenvalue weighted by Crippen LogP contribution is 2.37. The molecule has 1 aliphatic carbocycles. The smallest absolute Gasteiger partial charge is 0.248 e. The molecule has 4 nitrogen and oxygen atoms in total. The highest BCUT2D eigenvalue weighted by molar-refractivity contribution is 5.78. The Hall–Kier alpha value is -2.89. The quantitative estimate of drug-likeness (QED) is 0.206. The van der Waals surface area contributed by atoms with Crippen LogP contribution in [0, 0.1) is 11.8 Å². The van der Waals surface area contributed by atoms with Gasteiger partial charge in [0.15, 0.2) is 0 Å². The van der Waals surface area contributed by atoms with E-state index in [9.17, 15) is 18.7 Å². The van der Waals surface area contributed by atoms with E-state index < -0.39 is 5.92 Å². The second-order valence-electron chi connectivity index (χ2n) is 10.9. The number of nitrogens with one attached hydrogen (secondary N) is 1. The number of halogens is 2. The van der Waals surface area contributed by atoms with Crippen LogP contribution in [0.4, 0.5) is 8.78 Å². The Bertz CT molecular complexity index is 1030. The Morgan fingerprint density at radius 1 is 1.11 bits per heavy atom. The lowest BCUT2D eigenvalue weighted by molar-refractivity contribution is -0.129. The second kappa shape index (κ2) is 13.8. The fourth-order valence-corrected chi connectivity index (χ4v) is 4.84. The summed E-state index contributed by atoms with van der Waals surface area (Å²) in [6.07, 6.45) is 8.36. The van der Waals surface area contributed by atoms with Crippen molar-refractivity contribution in [1.82, 2.24) is 5.32 Å². The highest BCUT2D eigenvalue weighted by Gasteiger charge is 2.37. The second-order valence-corrected chi connectivity index (χ2v) is 10.9. The Morgan fingerprint density at radius 2 is 1.71 bits per heavy atom. The van der Waals surface area contributed by atoms with Crippen LogP contribution in [0.3, 0.4) is 0 Å². The summed E-state index contributed by atoms with van der Waals surface area (Å²) in [6, 6.07) is 15.5. The van der Waals surface area contributed by atoms with Crippen LogP contribution in [0.25, 0.3) is 0 Å². The molecule has 208 valence electrons. The van der Waals surface area contributed by atoms with E-state index in [1.54, 1.807) is 12.1 Å². The van der Waals surface area contributed by atoms with E-state index in [4.69, 9.17) is 4.74 Å². The Kier molecular flexibility index (Phi) is 10.7. The average Bonchev–Trinajstić information content (AvgIpc) is 2.91. The molecule has 0 bridgehead atoms. The van der Waals surface area contributed by atoms with Crippen LogP contribution in [-0.2, 0) is 10.2 Å². The molecule has 2 atom stereocenters. The van der Waals surface area contributed by atoms with Crippen molar-refractivity contribution >= 4 is 5.91 Å². The molecular formula is C32H43F2NO3. The molecule has 6 heteroatoms. The molecule has 1 aliphatic rings. The third kappa shape index (κ3) is 8.57. The lowest BCUT2D eigenvalue weighted by Crippen LogP contribution is -2.36. The third-order valence-corrected chi connectivity index (χ3v) is 7.83. The summed E-state index contributed by atoms with van der Waals surface area (Å²) < 4.78 is 32.5. The van der Waals surface area contributed by atoms with Crippen LogP contribution in [0.2, 0.25) is 0 Å². The van der Waals surface area contributed by atoms with E-state index >= 15 is 0 Å². The summed E-state index contributed by atoms with van der Waals surface area (Å²) in [5, 5.41) is 12.7. The fraction of sp³-hybridized carbons (Fsp3) is 0.531. The molecule has 1 saturated carbocycles. The van der Waals surface area contributed by atoms with Gasteiger partial charge in [-0.15, -0.1) is 0 Å². The monoisotopic (exact) mass is 527 g/mol. The predicted molar refractivity (Wildman–Crippen MR) is 149 cm³/mol. The van der Waals surface area contributed by atoms with Gasteiger partial charge in [0.05, 0.1) is 6.61 Å². The molecule has 38 heavy (non-hydrogen) atoms. The van der Waals surface area contributed by atoms with Gasteiger partial charge in [-0.25, -0.2) is 8.78 Å². The van der Waals surface area contributed by atoms with Crippen LogP contribution in [0.1, 0.15) is 83.3 Å². The molecule has 0 aliphatic heterocycles. The molecule has 2 aromatic carbocycles. The van der Waals surface area contributed by atoms with Gasteiger partial charge >= 0.3 is 0 Å². The van der Waals surface area contributed by atoms with Crippen LogP contribution < -0.4 is 10.1 Å². The van der Waals surface area contributed by atoms with E-state index in [0.29, 0.717) is 19.1 Å². The van der Waals surface area contributed by atoms with Crippen molar-refractivity contribution in [1.29, 1.82) is 0 Å². The molecule has 1 fully saturated rings. The van der Waals surface area contributed by atoms with Gasteiger partial charge in [-0.3, -0.25) is 4.79 Å². The average molecular weight is 528 g/mol. The Balaban J connectivity index is 1.49. The van der Waals surface area contributed by atoms with Crippen molar-refractivity contribution in [3.05, 3.63) is 71.8 Å². The molecule has 0 spiro atoms. The molecule has 2 N–H and O–H groups in total. The van der Waals surface area contributed by atoms with E-state index in [2.05, 4.69) is 50.4 Å². The predicted octanol–water partition coefficient (Wildman–Crippen LogP) is 7.79. The van der Waals surface area contributed by atoms with E-state index in [-0.39, 0.29) is 48.7 Å². The number of carbonyl (C=O) groups excluding carboxylic acids is 1. The minimum atomic E-state index is -2.61. The van der Waals surface area contributed by atoms with Gasteiger partial charge in [-0.05, 0) is 80.3 Å². The first-order valence-corrected chi connectivity index (χ1v) is 14.0. The van der Waals surface area contributed by atoms with Crippen LogP contribution in [-0.4, -0.2) is 30.1 Å². The van der Waals surface area contributed by atoms with Gasteiger partial charge < -0.3 is 15.2 Å². The Labute approximate surface area is 226 Å². The normalized spacial score (nSPS) is 18.1. The van der Waals surface area contributed by atoms with Crippen molar-refractivity contribution < 1.29 is 23.4 Å². The van der Waals surface area contributed by atoms with E-state index in [0.717, 1.165) is 42.6 Å². The number of amides is 1. The minimum absolute atomic E-state index is 0.105. The lowest BCUT2D eigenvalue weighted by Gasteiger charge is -2.28. The number of phenols is 1. The highest BCUT2D eigenvalue weighted by atomic mass is 19.3. The van der Waals surface area contributed by atoms with Gasteiger partial charge in [0.1, 0.15) is 11.5 Å². The number of benzene rings is 2. The third-order valence-electron chi connectivity index (χ3n) is 7.83. The van der Waals surface area contributed by atoms with E-state index in [1.165, 1.54) is 0 Å². The van der Waals surface area contributed by atoms with Gasteiger partial charge in [0.25, 0.3) is 0 Å². The number of carbonyl (C=O) groups is 1. The first-order valence-electron chi connectivity index (χ1n) is 14.0.